The largest absolute Gasteiger partial charge is 0.346 e. The van der Waals surface area contributed by atoms with Gasteiger partial charge in [-0.15, -0.1) is 0 Å². The number of sulfonamides is 1. The monoisotopic (exact) mass is 420 g/mol. The van der Waals surface area contributed by atoms with Crippen molar-refractivity contribution in [2.45, 2.75) is 56.8 Å². The van der Waals surface area contributed by atoms with Gasteiger partial charge in [-0.1, -0.05) is 19.8 Å². The highest BCUT2D eigenvalue weighted by molar-refractivity contribution is 7.89. The van der Waals surface area contributed by atoms with Crippen LogP contribution in [0.2, 0.25) is 0 Å². The second-order valence-electron chi connectivity index (χ2n) is 7.87. The molecule has 3 rings (SSSR count). The number of aryl methyl sites for hydroxylation is 2. The van der Waals surface area contributed by atoms with E-state index >= 15 is 0 Å². The van der Waals surface area contributed by atoms with Crippen molar-refractivity contribution in [3.05, 3.63) is 24.0 Å². The fourth-order valence-electron chi connectivity index (χ4n) is 3.80. The molecule has 0 bridgehead atoms. The van der Waals surface area contributed by atoms with E-state index in [0.29, 0.717) is 36.3 Å². The Morgan fingerprint density at radius 1 is 1.21 bits per heavy atom. The van der Waals surface area contributed by atoms with Gasteiger partial charge in [0.1, 0.15) is 5.82 Å². The van der Waals surface area contributed by atoms with Crippen LogP contribution in [-0.2, 0) is 28.3 Å². The van der Waals surface area contributed by atoms with E-state index < -0.39 is 10.0 Å². The van der Waals surface area contributed by atoms with Crippen LogP contribution in [0, 0.1) is 0 Å². The van der Waals surface area contributed by atoms with E-state index in [1.54, 1.807) is 21.3 Å². The summed E-state index contributed by atoms with van der Waals surface area (Å²) in [7, 11) is 0.270. The van der Waals surface area contributed by atoms with Crippen LogP contribution in [0.25, 0.3) is 11.0 Å². The highest BCUT2D eigenvalue weighted by atomic mass is 32.2. The van der Waals surface area contributed by atoms with Crippen LogP contribution >= 0.6 is 0 Å². The molecule has 160 valence electrons. The van der Waals surface area contributed by atoms with E-state index in [1.807, 2.05) is 24.7 Å². The third kappa shape index (κ3) is 4.80. The molecule has 1 aromatic heterocycles. The Bertz CT molecular complexity index is 962. The number of piperidine rings is 1. The Morgan fingerprint density at radius 2 is 1.93 bits per heavy atom. The molecule has 29 heavy (non-hydrogen) atoms. The smallest absolute Gasteiger partial charge is 0.243 e. The molecule has 1 fully saturated rings. The molecule has 8 heteroatoms. The lowest BCUT2D eigenvalue weighted by atomic mass is 10.2. The molecule has 7 nitrogen and oxygen atoms in total. The second kappa shape index (κ2) is 9.26. The standard InChI is InChI=1S/C21H32N4O3S/c1-4-5-13-23(2)21(26)12-11-20-22-18-16-17(9-10-19(18)24(20)3)29(27,28)25-14-7-6-8-15-25/h9-10,16H,4-8,11-15H2,1-3H3. The zero-order valence-corrected chi connectivity index (χ0v) is 18.5. The summed E-state index contributed by atoms with van der Waals surface area (Å²) in [5.41, 5.74) is 1.54. The molecule has 0 N–H and O–H groups in total. The fourth-order valence-corrected chi connectivity index (χ4v) is 5.34. The van der Waals surface area contributed by atoms with Gasteiger partial charge >= 0.3 is 0 Å². The molecule has 1 aromatic carbocycles. The van der Waals surface area contributed by atoms with Crippen LogP contribution in [0.5, 0.6) is 0 Å². The minimum absolute atomic E-state index is 0.110. The summed E-state index contributed by atoms with van der Waals surface area (Å²) in [6.45, 7) is 4.05. The summed E-state index contributed by atoms with van der Waals surface area (Å²) < 4.78 is 29.4. The van der Waals surface area contributed by atoms with Crippen LogP contribution in [0.3, 0.4) is 0 Å². The quantitative estimate of drug-likeness (QED) is 0.658. The molecule has 0 aliphatic carbocycles. The fraction of sp³-hybridized carbons (Fsp3) is 0.619. The van der Waals surface area contributed by atoms with Crippen molar-refractivity contribution in [3.63, 3.8) is 0 Å². The summed E-state index contributed by atoms with van der Waals surface area (Å²) in [5, 5.41) is 0. The van der Waals surface area contributed by atoms with Gasteiger partial charge in [-0.05, 0) is 37.5 Å². The molecule has 0 saturated carbocycles. The summed E-state index contributed by atoms with van der Waals surface area (Å²) in [6, 6.07) is 5.15. The van der Waals surface area contributed by atoms with Gasteiger partial charge in [-0.25, -0.2) is 13.4 Å². The number of carbonyl (C=O) groups is 1. The number of unbranched alkanes of at least 4 members (excludes halogenated alkanes) is 1. The third-order valence-electron chi connectivity index (χ3n) is 5.73. The van der Waals surface area contributed by atoms with E-state index in [2.05, 4.69) is 11.9 Å². The van der Waals surface area contributed by atoms with Crippen LogP contribution < -0.4 is 0 Å². The van der Waals surface area contributed by atoms with Gasteiger partial charge in [0.15, 0.2) is 0 Å². The molecule has 1 aliphatic heterocycles. The highest BCUT2D eigenvalue weighted by Crippen LogP contribution is 2.25. The van der Waals surface area contributed by atoms with Gasteiger partial charge in [-0.2, -0.15) is 4.31 Å². The van der Waals surface area contributed by atoms with Gasteiger partial charge in [0, 0.05) is 46.6 Å². The number of hydrogen-bond acceptors (Lipinski definition) is 4. The lowest BCUT2D eigenvalue weighted by Gasteiger charge is -2.25. The van der Waals surface area contributed by atoms with E-state index in [4.69, 9.17) is 0 Å². The zero-order valence-electron chi connectivity index (χ0n) is 17.7. The molecule has 1 saturated heterocycles. The number of fused-ring (bicyclic) bond motifs is 1. The molecule has 1 amide bonds. The Kier molecular flexibility index (Phi) is 6.95. The van der Waals surface area contributed by atoms with Crippen molar-refractivity contribution in [3.8, 4) is 0 Å². The Labute approximate surface area is 173 Å². The van der Waals surface area contributed by atoms with Crippen LogP contribution in [-0.4, -0.2) is 59.8 Å². The predicted molar refractivity (Wildman–Crippen MR) is 114 cm³/mol. The molecule has 0 spiro atoms. The molecule has 1 aliphatic rings. The number of benzene rings is 1. The second-order valence-corrected chi connectivity index (χ2v) is 9.81. The molecule has 0 atom stereocenters. The van der Waals surface area contributed by atoms with E-state index in [0.717, 1.165) is 50.0 Å². The first-order valence-electron chi connectivity index (χ1n) is 10.5. The molecule has 2 heterocycles. The lowest BCUT2D eigenvalue weighted by molar-refractivity contribution is -0.129. The topological polar surface area (TPSA) is 75.5 Å². The first-order valence-corrected chi connectivity index (χ1v) is 12.0. The SMILES string of the molecule is CCCCN(C)C(=O)CCc1nc2cc(S(=O)(=O)N3CCCCC3)ccc2n1C. The maximum absolute atomic E-state index is 12.9. The minimum Gasteiger partial charge on any atom is -0.346 e. The number of aromatic nitrogens is 2. The number of rotatable bonds is 8. The van der Waals surface area contributed by atoms with Gasteiger partial charge in [-0.3, -0.25) is 4.79 Å². The van der Waals surface area contributed by atoms with Crippen LogP contribution in [0.15, 0.2) is 23.1 Å². The summed E-state index contributed by atoms with van der Waals surface area (Å²) in [5.74, 6) is 0.906. The number of carbonyl (C=O) groups excluding carboxylic acids is 1. The van der Waals surface area contributed by atoms with Crippen LogP contribution in [0.1, 0.15) is 51.3 Å². The average molecular weight is 421 g/mol. The predicted octanol–water partition coefficient (Wildman–Crippen LogP) is 2.94. The van der Waals surface area contributed by atoms with Crippen molar-refractivity contribution in [2.24, 2.45) is 7.05 Å². The highest BCUT2D eigenvalue weighted by Gasteiger charge is 2.26. The first kappa shape index (κ1) is 21.8. The summed E-state index contributed by atoms with van der Waals surface area (Å²) >= 11 is 0. The Morgan fingerprint density at radius 3 is 2.62 bits per heavy atom. The number of hydrogen-bond donors (Lipinski definition) is 0. The zero-order chi connectivity index (χ0) is 21.0. The first-order chi connectivity index (χ1) is 13.8. The number of imidazole rings is 1. The third-order valence-corrected chi connectivity index (χ3v) is 7.63. The summed E-state index contributed by atoms with van der Waals surface area (Å²) in [6.07, 6.45) is 5.91. The molecule has 2 aromatic rings. The van der Waals surface area contributed by atoms with E-state index in [1.165, 1.54) is 0 Å². The Balaban J connectivity index is 1.76. The van der Waals surface area contributed by atoms with E-state index in [9.17, 15) is 13.2 Å². The van der Waals surface area contributed by atoms with Crippen LogP contribution in [0.4, 0.5) is 0 Å². The minimum atomic E-state index is -3.48. The maximum atomic E-state index is 12.9. The maximum Gasteiger partial charge on any atom is 0.243 e. The molecular formula is C21H32N4O3S. The lowest BCUT2D eigenvalue weighted by Crippen LogP contribution is -2.35. The van der Waals surface area contributed by atoms with Crippen molar-refractivity contribution >= 4 is 27.0 Å². The number of amides is 1. The molecule has 0 unspecified atom stereocenters. The van der Waals surface area contributed by atoms with Gasteiger partial charge < -0.3 is 9.47 Å². The van der Waals surface area contributed by atoms with Gasteiger partial charge in [0.25, 0.3) is 0 Å². The van der Waals surface area contributed by atoms with Crippen molar-refractivity contribution in [2.75, 3.05) is 26.7 Å². The normalized spacial score (nSPS) is 15.7. The van der Waals surface area contributed by atoms with Crippen molar-refractivity contribution in [1.82, 2.24) is 18.8 Å². The Hall–Kier alpha value is -1.93. The van der Waals surface area contributed by atoms with Gasteiger partial charge in [0.2, 0.25) is 15.9 Å². The molecular weight excluding hydrogens is 388 g/mol. The summed E-state index contributed by atoms with van der Waals surface area (Å²) in [4.78, 5) is 19.0. The van der Waals surface area contributed by atoms with E-state index in [-0.39, 0.29) is 5.91 Å². The average Bonchev–Trinajstić information content (AvgIpc) is 3.05. The number of nitrogens with zero attached hydrogens (tertiary/aromatic N) is 4. The molecule has 0 radical (unpaired) electrons. The van der Waals surface area contributed by atoms with Crippen molar-refractivity contribution in [1.29, 1.82) is 0 Å². The van der Waals surface area contributed by atoms with Gasteiger partial charge in [0.05, 0.1) is 15.9 Å². The van der Waals surface area contributed by atoms with Crippen molar-refractivity contribution < 1.29 is 13.2 Å².